The summed E-state index contributed by atoms with van der Waals surface area (Å²) in [6, 6.07) is -11.7. The van der Waals surface area contributed by atoms with Crippen LogP contribution >= 0.6 is 0 Å². The van der Waals surface area contributed by atoms with Gasteiger partial charge in [-0.1, -0.05) is 92.5 Å². The lowest BCUT2D eigenvalue weighted by Crippen LogP contribution is -2.61. The fraction of sp³-hybridized carbons (Fsp3) is 0.640. The summed E-state index contributed by atoms with van der Waals surface area (Å²) in [5, 5.41) is 122. The molecule has 0 aromatic heterocycles. The van der Waals surface area contributed by atoms with E-state index in [1.54, 1.807) is 55.4 Å². The number of rotatable bonds is 67. The summed E-state index contributed by atoms with van der Waals surface area (Å²) < 4.78 is 0. The van der Waals surface area contributed by atoms with Crippen LogP contribution in [0.15, 0.2) is 48.5 Å². The van der Waals surface area contributed by atoms with Crippen LogP contribution in [0.3, 0.4) is 0 Å². The third kappa shape index (κ3) is 46.9. The third-order valence-corrected chi connectivity index (χ3v) is 21.1. The summed E-state index contributed by atoms with van der Waals surface area (Å²) >= 11 is 0. The minimum Gasteiger partial charge on any atom is -0.508 e. The molecule has 1 unspecified atom stereocenters. The summed E-state index contributed by atoms with van der Waals surface area (Å²) in [5.41, 5.74) is 40.4. The Balaban J connectivity index is 2.41. The lowest BCUT2D eigenvalue weighted by atomic mass is 10.0. The molecule has 2 rings (SSSR count). The lowest BCUT2D eigenvalue weighted by molar-refractivity contribution is -0.136. The molecule has 2 aromatic rings. The van der Waals surface area contributed by atoms with Crippen molar-refractivity contribution in [1.82, 2.24) is 95.7 Å². The number of aliphatic hydroxyl groups excluding tert-OH is 4. The largest absolute Gasteiger partial charge is 0.508 e. The van der Waals surface area contributed by atoms with E-state index < -0.39 is 254 Å². The quantitative estimate of drug-likeness (QED) is 0.0166. The topological polar surface area (TPSA) is 858 Å². The predicted octanol–water partition coefficient (Wildman–Crippen LogP) is -10.00. The Hall–Kier alpha value is -12.7. The van der Waals surface area contributed by atoms with Crippen molar-refractivity contribution in [3.63, 3.8) is 0 Å². The Labute approximate surface area is 790 Å². The molecule has 136 heavy (non-hydrogen) atoms. The third-order valence-electron chi connectivity index (χ3n) is 21.1. The van der Waals surface area contributed by atoms with E-state index in [0.717, 1.165) is 0 Å². The molecule has 0 spiro atoms. The summed E-state index contributed by atoms with van der Waals surface area (Å²) in [6.07, 6.45) is 1.67. The van der Waals surface area contributed by atoms with E-state index in [9.17, 15) is 112 Å². The van der Waals surface area contributed by atoms with Gasteiger partial charge in [0, 0.05) is 32.5 Å². The number of hydrogen-bond acceptors (Lipinski definition) is 29. The number of benzene rings is 2. The Bertz CT molecular complexity index is 4210. The highest BCUT2D eigenvalue weighted by Gasteiger charge is 2.39. The second-order valence-electron chi connectivity index (χ2n) is 34.4. The van der Waals surface area contributed by atoms with Crippen molar-refractivity contribution in [2.75, 3.05) is 72.2 Å². The van der Waals surface area contributed by atoms with Crippen molar-refractivity contribution in [2.24, 2.45) is 63.8 Å². The Kier molecular flexibility index (Phi) is 56.4. The highest BCUT2D eigenvalue weighted by atomic mass is 16.3. The number of primary amides is 1. The molecule has 50 nitrogen and oxygen atoms in total. The number of carbonyl (C=O) groups is 17. The molecule has 0 saturated carbocycles. The second kappa shape index (κ2) is 64.3. The number of hydrogen-bond donors (Lipinski definition) is 33. The smallest absolute Gasteiger partial charge is 0.245 e. The van der Waals surface area contributed by atoms with E-state index in [0.29, 0.717) is 62.7 Å². The van der Waals surface area contributed by atoms with Crippen LogP contribution in [0.5, 0.6) is 11.5 Å². The molecule has 0 aliphatic rings. The Morgan fingerprint density at radius 1 is 0.301 bits per heavy atom. The maximum Gasteiger partial charge on any atom is 0.245 e. The fourth-order valence-electron chi connectivity index (χ4n) is 13.4. The molecule has 0 radical (unpaired) electrons. The van der Waals surface area contributed by atoms with Crippen LogP contribution in [0.4, 0.5) is 0 Å². The molecule has 0 heterocycles. The van der Waals surface area contributed by atoms with Crippen molar-refractivity contribution in [2.45, 2.75) is 255 Å². The number of phenolic OH excluding ortho intramolecular Hbond substituents is 2. The maximum atomic E-state index is 14.7. The molecular formula is C86H147N27O23. The molecule has 0 bridgehead atoms. The van der Waals surface area contributed by atoms with E-state index >= 15 is 0 Å². The number of nitrogens with one attached hydrogen (secondary N) is 20. The monoisotopic (exact) mass is 1930 g/mol. The second-order valence-corrected chi connectivity index (χ2v) is 34.4. The van der Waals surface area contributed by atoms with E-state index in [4.69, 9.17) is 51.0 Å². The van der Waals surface area contributed by atoms with Crippen LogP contribution in [0.1, 0.15) is 163 Å². The number of aromatic hydroxyl groups is 2. The molecule has 2 aromatic carbocycles. The lowest BCUT2D eigenvalue weighted by Gasteiger charge is -2.28. The highest BCUT2D eigenvalue weighted by Crippen LogP contribution is 2.18. The first-order chi connectivity index (χ1) is 64.2. The van der Waals surface area contributed by atoms with E-state index in [1.165, 1.54) is 48.5 Å². The molecular weight excluding hydrogens is 1780 g/mol. The number of carbonyl (C=O) groups excluding carboxylic acids is 17. The van der Waals surface area contributed by atoms with Gasteiger partial charge in [-0.15, -0.1) is 0 Å². The maximum absolute atomic E-state index is 14.7. The SMILES string of the molecule is CC(C)C[C@H](NC(=O)[C@H](CO)NC(=O)[C@@H](NC(=O)CNC(=O)[C@@H](N)CCCCN)C(C)C)C(=O)N[C@@H](CO)C(=O)N[C@@H](Cc1ccc(O)cc1)C(=O)N[C@@H](CCCNC(=N)N)C(=O)NCCCCC(NC(=O)[C@H](CCCNC(=N)N)NC(=O)[C@H](Cc1ccc(O)cc1)NC(=O)[C@H](CO)NC(=O)[C@H](CC(C)C)NC(=O)[C@H](CO)NC(=O)[C@@H](NC(=O)CNC(=O)[C@@H](N)CCCCN)C(C)C)C(N)=O. The molecule has 0 aliphatic heterocycles. The minimum atomic E-state index is -1.87. The van der Waals surface area contributed by atoms with Crippen LogP contribution in [-0.4, -0.2) is 306 Å². The zero-order chi connectivity index (χ0) is 102. The van der Waals surface area contributed by atoms with Gasteiger partial charge in [-0.2, -0.15) is 0 Å². The van der Waals surface area contributed by atoms with E-state index in [-0.39, 0.29) is 114 Å². The summed E-state index contributed by atoms with van der Waals surface area (Å²) in [7, 11) is 0. The normalized spacial score (nSPS) is 14.5. The van der Waals surface area contributed by atoms with Crippen molar-refractivity contribution < 1.29 is 112 Å². The molecule has 40 N–H and O–H groups in total. The zero-order valence-electron chi connectivity index (χ0n) is 78.6. The van der Waals surface area contributed by atoms with Crippen LogP contribution < -0.4 is 136 Å². The van der Waals surface area contributed by atoms with Crippen molar-refractivity contribution in [1.29, 1.82) is 10.8 Å². The molecule has 0 fully saturated rings. The molecule has 0 saturated heterocycles. The number of amides is 17. The Morgan fingerprint density at radius 2 is 0.574 bits per heavy atom. The average Bonchev–Trinajstić information content (AvgIpc) is 0.850. The highest BCUT2D eigenvalue weighted by molar-refractivity contribution is 6.01. The van der Waals surface area contributed by atoms with Gasteiger partial charge < -0.3 is 166 Å². The molecule has 17 amide bonds. The van der Waals surface area contributed by atoms with E-state index in [1.807, 2.05) is 0 Å². The predicted molar refractivity (Wildman–Crippen MR) is 498 cm³/mol. The molecule has 15 atom stereocenters. The molecule has 0 aliphatic carbocycles. The first-order valence-corrected chi connectivity index (χ1v) is 45.3. The Morgan fingerprint density at radius 3 is 0.890 bits per heavy atom. The standard InChI is InChI=1S/C86H147N27O23/c1-45(2)35-58(104-81(133)64(43-116)110-83(135)68(47(5)6)112-66(120)39-99-71(123)53(89)17-9-12-30-87)75(127)108-62(41-114)79(131)106-60(37-49-22-26-51(118)27-23-49)77(129)102-56(20-15-33-97-85(92)93)73(125)96-32-14-11-19-55(70(91)122)101-74(126)57(21-16-34-98-86(94)95)103-78(130)61(38-50-24-28-52(119)29-25-50)107-80(132)63(42-115)109-76(128)59(36-46(3)4)105-82(134)65(44-117)111-84(136)69(48(7)8)113-67(121)40-100-72(124)54(90)18-10-13-31-88/h22-29,45-48,53-65,68-69,114-119H,9-21,30-44,87-90H2,1-8H3,(H2,91,122)(H,96,125)(H,99,123)(H,100,124)(H,101,126)(H,102,129)(H,103,130)(H,104,133)(H,105,134)(H,106,131)(H,107,132)(H,108,127)(H,109,128)(H,110,135)(H,111,136)(H,112,120)(H,113,121)(H4,92,93,97)(H4,94,95,98)/t53-,54-,55?,56-,57-,58-,59-,60-,61-,62-,63-,64-,65-,68-,69-/m0/s1. The fourth-order valence-corrected chi connectivity index (χ4v) is 13.4. The van der Waals surface area contributed by atoms with Gasteiger partial charge in [-0.3, -0.25) is 92.3 Å². The van der Waals surface area contributed by atoms with Gasteiger partial charge >= 0.3 is 0 Å². The van der Waals surface area contributed by atoms with Crippen molar-refractivity contribution in [3.8, 4) is 11.5 Å². The average molecular weight is 1930 g/mol. The number of unbranched alkanes of at least 4 members (excludes halogenated alkanes) is 3. The van der Waals surface area contributed by atoms with Gasteiger partial charge in [0.05, 0.1) is 51.6 Å². The van der Waals surface area contributed by atoms with Gasteiger partial charge in [0.15, 0.2) is 11.9 Å². The van der Waals surface area contributed by atoms with Gasteiger partial charge in [-0.05, 0) is 156 Å². The van der Waals surface area contributed by atoms with Crippen LogP contribution in [-0.2, 0) is 94.3 Å². The summed E-state index contributed by atoms with van der Waals surface area (Å²) in [4.78, 5) is 234. The summed E-state index contributed by atoms with van der Waals surface area (Å²) in [6.45, 7) is 8.26. The van der Waals surface area contributed by atoms with Crippen molar-refractivity contribution in [3.05, 3.63) is 59.7 Å². The van der Waals surface area contributed by atoms with Crippen molar-refractivity contribution >= 4 is 112 Å². The number of phenols is 2. The van der Waals surface area contributed by atoms with Gasteiger partial charge in [-0.25, -0.2) is 0 Å². The van der Waals surface area contributed by atoms with Gasteiger partial charge in [0.2, 0.25) is 100 Å². The molecule has 50 heteroatoms. The first-order valence-electron chi connectivity index (χ1n) is 45.3. The first kappa shape index (κ1) is 119. The van der Waals surface area contributed by atoms with Crippen LogP contribution in [0, 0.1) is 34.5 Å². The van der Waals surface area contributed by atoms with Crippen LogP contribution in [0.2, 0.25) is 0 Å². The number of nitrogens with two attached hydrogens (primary N) is 7. The minimum absolute atomic E-state index is 0.0159. The number of guanidine groups is 2. The summed E-state index contributed by atoms with van der Waals surface area (Å²) in [5.74, 6) is -19.3. The molecule has 764 valence electrons. The van der Waals surface area contributed by atoms with Gasteiger partial charge in [0.25, 0.3) is 0 Å². The number of aliphatic hydroxyl groups is 4. The van der Waals surface area contributed by atoms with Crippen LogP contribution in [0.25, 0.3) is 0 Å². The van der Waals surface area contributed by atoms with Gasteiger partial charge in [0.1, 0.15) is 90.0 Å². The zero-order valence-corrected chi connectivity index (χ0v) is 78.6. The van der Waals surface area contributed by atoms with E-state index in [2.05, 4.69) is 95.7 Å².